The molecule has 0 spiro atoms. The van der Waals surface area contributed by atoms with E-state index in [0.717, 1.165) is 15.8 Å². The van der Waals surface area contributed by atoms with Crippen LogP contribution in [-0.4, -0.2) is 11.8 Å². The Bertz CT molecular complexity index is 551. The minimum absolute atomic E-state index is 0.0818. The summed E-state index contributed by atoms with van der Waals surface area (Å²) in [4.78, 5) is 1.20. The first-order chi connectivity index (χ1) is 9.69. The molecule has 0 saturated carbocycles. The van der Waals surface area contributed by atoms with Gasteiger partial charge in [-0.25, -0.2) is 4.39 Å². The highest BCUT2D eigenvalue weighted by molar-refractivity contribution is 9.10. The normalized spacial score (nSPS) is 12.3. The van der Waals surface area contributed by atoms with E-state index < -0.39 is 0 Å². The van der Waals surface area contributed by atoms with Crippen LogP contribution in [0.3, 0.4) is 0 Å². The zero-order valence-corrected chi connectivity index (χ0v) is 13.3. The summed E-state index contributed by atoms with van der Waals surface area (Å²) in [6.45, 7) is 0. The molecule has 2 aromatic rings. The van der Waals surface area contributed by atoms with E-state index >= 15 is 0 Å². The van der Waals surface area contributed by atoms with Crippen LogP contribution >= 0.6 is 27.7 Å². The van der Waals surface area contributed by atoms with Crippen molar-refractivity contribution >= 4 is 27.7 Å². The fourth-order valence-electron chi connectivity index (χ4n) is 1.84. The number of thioether (sulfide) groups is 1. The van der Waals surface area contributed by atoms with Gasteiger partial charge >= 0.3 is 0 Å². The van der Waals surface area contributed by atoms with Gasteiger partial charge in [-0.15, -0.1) is 11.8 Å². The molecule has 1 atom stereocenters. The Balaban J connectivity index is 1.97. The van der Waals surface area contributed by atoms with Crippen LogP contribution in [0.5, 0.6) is 0 Å². The Labute approximate surface area is 131 Å². The maximum Gasteiger partial charge on any atom is 0.123 e. The fraction of sp³-hybridized carbons (Fsp3) is 0.200. The SMILES string of the molecule is NNC(CSc1ccccc1)Cc1cc(F)ccc1Br. The smallest absolute Gasteiger partial charge is 0.123 e. The Morgan fingerprint density at radius 3 is 2.65 bits per heavy atom. The van der Waals surface area contributed by atoms with Crippen molar-refractivity contribution < 1.29 is 4.39 Å². The number of hydrazine groups is 1. The van der Waals surface area contributed by atoms with Gasteiger partial charge in [-0.3, -0.25) is 11.3 Å². The molecule has 0 bridgehead atoms. The van der Waals surface area contributed by atoms with E-state index in [4.69, 9.17) is 5.84 Å². The lowest BCUT2D eigenvalue weighted by molar-refractivity contribution is 0.569. The van der Waals surface area contributed by atoms with Crippen molar-refractivity contribution in [3.05, 3.63) is 64.4 Å². The maximum absolute atomic E-state index is 13.3. The molecule has 0 amide bonds. The van der Waals surface area contributed by atoms with Gasteiger partial charge in [0.15, 0.2) is 0 Å². The Morgan fingerprint density at radius 1 is 1.20 bits per heavy atom. The fourth-order valence-corrected chi connectivity index (χ4v) is 3.21. The average Bonchev–Trinajstić information content (AvgIpc) is 2.48. The Morgan fingerprint density at radius 2 is 1.95 bits per heavy atom. The first-order valence-electron chi connectivity index (χ1n) is 6.27. The van der Waals surface area contributed by atoms with Gasteiger partial charge in [0.25, 0.3) is 0 Å². The van der Waals surface area contributed by atoms with Gasteiger partial charge in [0.1, 0.15) is 5.82 Å². The number of rotatable bonds is 6. The minimum atomic E-state index is -0.227. The van der Waals surface area contributed by atoms with Crippen LogP contribution in [0, 0.1) is 5.82 Å². The van der Waals surface area contributed by atoms with Crippen LogP contribution in [0.15, 0.2) is 57.9 Å². The molecular formula is C15H16BrFN2S. The second kappa shape index (κ2) is 7.78. The van der Waals surface area contributed by atoms with Crippen molar-refractivity contribution in [1.29, 1.82) is 0 Å². The molecule has 0 radical (unpaired) electrons. The van der Waals surface area contributed by atoms with Crippen LogP contribution in [-0.2, 0) is 6.42 Å². The summed E-state index contributed by atoms with van der Waals surface area (Å²) in [7, 11) is 0. The van der Waals surface area contributed by atoms with Crippen molar-refractivity contribution in [2.75, 3.05) is 5.75 Å². The van der Waals surface area contributed by atoms with Crippen molar-refractivity contribution in [2.45, 2.75) is 17.4 Å². The summed E-state index contributed by atoms with van der Waals surface area (Å²) in [5, 5.41) is 0. The molecule has 106 valence electrons. The third kappa shape index (κ3) is 4.59. The van der Waals surface area contributed by atoms with E-state index in [2.05, 4.69) is 33.5 Å². The average molecular weight is 355 g/mol. The van der Waals surface area contributed by atoms with Gasteiger partial charge in [0.05, 0.1) is 0 Å². The number of hydrogen-bond donors (Lipinski definition) is 2. The summed E-state index contributed by atoms with van der Waals surface area (Å²) in [6.07, 6.45) is 0.675. The predicted molar refractivity (Wildman–Crippen MR) is 86.1 cm³/mol. The van der Waals surface area contributed by atoms with Crippen LogP contribution in [0.4, 0.5) is 4.39 Å². The van der Waals surface area contributed by atoms with Crippen LogP contribution in [0.25, 0.3) is 0 Å². The molecule has 0 aliphatic heterocycles. The molecule has 0 aliphatic carbocycles. The van der Waals surface area contributed by atoms with Gasteiger partial charge < -0.3 is 0 Å². The molecule has 1 unspecified atom stereocenters. The largest absolute Gasteiger partial charge is 0.271 e. The van der Waals surface area contributed by atoms with Crippen LogP contribution in [0.2, 0.25) is 0 Å². The zero-order valence-electron chi connectivity index (χ0n) is 10.9. The molecule has 2 aromatic carbocycles. The maximum atomic E-state index is 13.3. The molecule has 0 saturated heterocycles. The molecule has 3 N–H and O–H groups in total. The third-order valence-electron chi connectivity index (χ3n) is 2.90. The van der Waals surface area contributed by atoms with E-state index in [-0.39, 0.29) is 11.9 Å². The van der Waals surface area contributed by atoms with E-state index in [1.165, 1.54) is 11.0 Å². The van der Waals surface area contributed by atoms with Crippen molar-refractivity contribution in [3.63, 3.8) is 0 Å². The van der Waals surface area contributed by atoms with Gasteiger partial charge in [0, 0.05) is 21.2 Å². The van der Waals surface area contributed by atoms with Crippen LogP contribution < -0.4 is 11.3 Å². The second-order valence-corrected chi connectivity index (χ2v) is 6.38. The molecule has 0 aliphatic rings. The Hall–Kier alpha value is -0.880. The van der Waals surface area contributed by atoms with Gasteiger partial charge in [-0.2, -0.15) is 0 Å². The predicted octanol–water partition coefficient (Wildman–Crippen LogP) is 3.75. The number of nitrogens with one attached hydrogen (secondary N) is 1. The summed E-state index contributed by atoms with van der Waals surface area (Å²) >= 11 is 5.17. The molecule has 2 rings (SSSR count). The lowest BCUT2D eigenvalue weighted by Crippen LogP contribution is -2.38. The number of benzene rings is 2. The first-order valence-corrected chi connectivity index (χ1v) is 8.05. The molecule has 5 heteroatoms. The lowest BCUT2D eigenvalue weighted by Gasteiger charge is -2.16. The van der Waals surface area contributed by atoms with E-state index in [0.29, 0.717) is 6.42 Å². The van der Waals surface area contributed by atoms with Crippen LogP contribution in [0.1, 0.15) is 5.56 Å². The van der Waals surface area contributed by atoms with Gasteiger partial charge in [0.2, 0.25) is 0 Å². The highest BCUT2D eigenvalue weighted by Gasteiger charge is 2.11. The lowest BCUT2D eigenvalue weighted by atomic mass is 10.1. The summed E-state index contributed by atoms with van der Waals surface area (Å²) in [5.41, 5.74) is 3.72. The third-order valence-corrected chi connectivity index (χ3v) is 4.85. The number of halogens is 2. The summed E-state index contributed by atoms with van der Waals surface area (Å²) < 4.78 is 14.2. The highest BCUT2D eigenvalue weighted by atomic mass is 79.9. The molecule has 0 fully saturated rings. The van der Waals surface area contributed by atoms with Crippen molar-refractivity contribution in [2.24, 2.45) is 5.84 Å². The van der Waals surface area contributed by atoms with Crippen molar-refractivity contribution in [1.82, 2.24) is 5.43 Å². The van der Waals surface area contributed by atoms with Gasteiger partial charge in [-0.05, 0) is 42.3 Å². The first kappa shape index (κ1) is 15.5. The van der Waals surface area contributed by atoms with E-state index in [1.54, 1.807) is 23.9 Å². The standard InChI is InChI=1S/C15H16BrFN2S/c16-15-7-6-12(17)8-11(15)9-13(19-18)10-20-14-4-2-1-3-5-14/h1-8,13,19H,9-10,18H2. The minimum Gasteiger partial charge on any atom is -0.271 e. The monoisotopic (exact) mass is 354 g/mol. The molecular weight excluding hydrogens is 339 g/mol. The quantitative estimate of drug-likeness (QED) is 0.471. The highest BCUT2D eigenvalue weighted by Crippen LogP contribution is 2.22. The topological polar surface area (TPSA) is 38.0 Å². The molecule has 2 nitrogen and oxygen atoms in total. The van der Waals surface area contributed by atoms with E-state index in [9.17, 15) is 4.39 Å². The molecule has 20 heavy (non-hydrogen) atoms. The molecule has 0 heterocycles. The number of nitrogens with two attached hydrogens (primary N) is 1. The second-order valence-electron chi connectivity index (χ2n) is 4.43. The number of hydrogen-bond acceptors (Lipinski definition) is 3. The van der Waals surface area contributed by atoms with Gasteiger partial charge in [-0.1, -0.05) is 34.1 Å². The summed E-state index contributed by atoms with van der Waals surface area (Å²) in [6, 6.07) is 14.9. The van der Waals surface area contributed by atoms with E-state index in [1.807, 2.05) is 18.2 Å². The Kier molecular flexibility index (Phi) is 6.04. The van der Waals surface area contributed by atoms with Crippen molar-refractivity contribution in [3.8, 4) is 0 Å². The summed E-state index contributed by atoms with van der Waals surface area (Å²) in [5.74, 6) is 6.20. The zero-order chi connectivity index (χ0) is 14.4. The molecule has 0 aromatic heterocycles.